The molecule has 36 heavy (non-hydrogen) atoms. The lowest BCUT2D eigenvalue weighted by Crippen LogP contribution is -2.27. The molecule has 2 heterocycles. The molecule has 1 aliphatic rings. The van der Waals surface area contributed by atoms with E-state index in [0.29, 0.717) is 18.7 Å². The molecule has 0 saturated carbocycles. The predicted octanol–water partition coefficient (Wildman–Crippen LogP) is 3.87. The molecule has 0 aliphatic carbocycles. The summed E-state index contributed by atoms with van der Waals surface area (Å²) in [5, 5.41) is 0.410. The number of carbonyl (C=O) groups excluding carboxylic acids is 2. The van der Waals surface area contributed by atoms with Crippen molar-refractivity contribution >= 4 is 43.7 Å². The molecule has 0 radical (unpaired) electrons. The number of hydrogen-bond donors (Lipinski definition) is 0. The van der Waals surface area contributed by atoms with Gasteiger partial charge in [0.1, 0.15) is 5.82 Å². The summed E-state index contributed by atoms with van der Waals surface area (Å²) in [4.78, 5) is 27.9. The largest absolute Gasteiger partial charge is 0.465 e. The maximum Gasteiger partial charge on any atom is 0.340 e. The maximum atomic E-state index is 14.5. The average Bonchev–Trinajstić information content (AvgIpc) is 3.36. The summed E-state index contributed by atoms with van der Waals surface area (Å²) < 4.78 is 53.6. The van der Waals surface area contributed by atoms with E-state index in [2.05, 4.69) is 0 Å². The first kappa shape index (κ1) is 24.0. The smallest absolute Gasteiger partial charge is 0.340 e. The van der Waals surface area contributed by atoms with Crippen molar-refractivity contribution in [2.75, 3.05) is 27.4 Å². The standard InChI is InChI=1S/C26H23FN2O6S/c1-15-4-7-18(8-5-15)36(32,33)29-21-9-6-17(27)13-19(21)23-22-16(12-20(24(23)29)26(31)35-3)14-28(25(22)30)10-11-34-2/h4-9,12-13H,10-11,14H2,1-3H3. The number of nitrogens with zero attached hydrogens (tertiary/aromatic N) is 2. The molecule has 1 aromatic heterocycles. The van der Waals surface area contributed by atoms with Crippen molar-refractivity contribution in [2.24, 2.45) is 0 Å². The predicted molar refractivity (Wildman–Crippen MR) is 131 cm³/mol. The van der Waals surface area contributed by atoms with Crippen molar-refractivity contribution in [1.29, 1.82) is 0 Å². The van der Waals surface area contributed by atoms with Gasteiger partial charge in [-0.25, -0.2) is 21.6 Å². The van der Waals surface area contributed by atoms with Gasteiger partial charge in [-0.05, 0) is 48.9 Å². The fourth-order valence-corrected chi connectivity index (χ4v) is 6.26. The molecule has 0 unspecified atom stereocenters. The third-order valence-corrected chi connectivity index (χ3v) is 8.15. The van der Waals surface area contributed by atoms with E-state index in [1.807, 2.05) is 6.92 Å². The second-order valence-electron chi connectivity index (χ2n) is 8.64. The lowest BCUT2D eigenvalue weighted by atomic mass is 9.98. The Morgan fingerprint density at radius 1 is 1.08 bits per heavy atom. The van der Waals surface area contributed by atoms with Crippen molar-refractivity contribution in [3.05, 3.63) is 76.6 Å². The van der Waals surface area contributed by atoms with E-state index >= 15 is 0 Å². The Kier molecular flexibility index (Phi) is 5.80. The Bertz CT molecular complexity index is 1660. The Balaban J connectivity index is 1.94. The minimum atomic E-state index is -4.26. The number of esters is 1. The zero-order valence-corrected chi connectivity index (χ0v) is 20.7. The second-order valence-corrected chi connectivity index (χ2v) is 10.4. The lowest BCUT2D eigenvalue weighted by molar-refractivity contribution is 0.0602. The van der Waals surface area contributed by atoms with Crippen LogP contribution in [0.1, 0.15) is 31.8 Å². The number of halogens is 1. The molecule has 8 nitrogen and oxygen atoms in total. The van der Waals surface area contributed by atoms with E-state index in [1.54, 1.807) is 17.0 Å². The molecule has 0 fully saturated rings. The Labute approximate surface area is 206 Å². The highest BCUT2D eigenvalue weighted by atomic mass is 32.2. The quantitative estimate of drug-likeness (QED) is 0.366. The molecule has 186 valence electrons. The van der Waals surface area contributed by atoms with Gasteiger partial charge in [-0.1, -0.05) is 17.7 Å². The van der Waals surface area contributed by atoms with Crippen molar-refractivity contribution < 1.29 is 31.9 Å². The monoisotopic (exact) mass is 510 g/mol. The third kappa shape index (κ3) is 3.56. The summed E-state index contributed by atoms with van der Waals surface area (Å²) in [7, 11) is -1.55. The molecule has 0 saturated heterocycles. The second kappa shape index (κ2) is 8.72. The van der Waals surface area contributed by atoms with Gasteiger partial charge >= 0.3 is 5.97 Å². The first-order chi connectivity index (χ1) is 17.2. The molecule has 5 rings (SSSR count). The fourth-order valence-electron chi connectivity index (χ4n) is 4.73. The fraction of sp³-hybridized carbons (Fsp3) is 0.231. The summed E-state index contributed by atoms with van der Waals surface area (Å²) in [6.45, 7) is 2.63. The zero-order valence-electron chi connectivity index (χ0n) is 19.9. The number of methoxy groups -OCH3 is 2. The molecule has 0 bridgehead atoms. The molecule has 0 N–H and O–H groups in total. The number of aromatic nitrogens is 1. The summed E-state index contributed by atoms with van der Waals surface area (Å²) in [5.41, 5.74) is 1.73. The third-order valence-electron chi connectivity index (χ3n) is 6.42. The number of benzene rings is 3. The Hall–Kier alpha value is -3.76. The van der Waals surface area contributed by atoms with Crippen LogP contribution in [0, 0.1) is 12.7 Å². The first-order valence-corrected chi connectivity index (χ1v) is 12.6. The van der Waals surface area contributed by atoms with Gasteiger partial charge in [0, 0.05) is 31.0 Å². The summed E-state index contributed by atoms with van der Waals surface area (Å²) in [6, 6.07) is 11.4. The van der Waals surface area contributed by atoms with Crippen LogP contribution in [-0.4, -0.2) is 56.5 Å². The number of amides is 1. The van der Waals surface area contributed by atoms with E-state index in [-0.39, 0.29) is 50.3 Å². The van der Waals surface area contributed by atoms with Crippen LogP contribution in [0.15, 0.2) is 53.4 Å². The molecular weight excluding hydrogens is 487 g/mol. The Morgan fingerprint density at radius 2 is 1.81 bits per heavy atom. The molecule has 10 heteroatoms. The van der Waals surface area contributed by atoms with Gasteiger partial charge in [0.15, 0.2) is 0 Å². The molecule has 3 aromatic carbocycles. The first-order valence-electron chi connectivity index (χ1n) is 11.2. The SMILES string of the molecule is COCCN1Cc2cc(C(=O)OC)c3c(c2C1=O)c1cc(F)ccc1n3S(=O)(=O)c1ccc(C)cc1. The zero-order chi connectivity index (χ0) is 25.8. The lowest BCUT2D eigenvalue weighted by Gasteiger charge is -2.14. The van der Waals surface area contributed by atoms with Gasteiger partial charge in [0.05, 0.1) is 40.8 Å². The number of ether oxygens (including phenoxy) is 2. The van der Waals surface area contributed by atoms with Crippen molar-refractivity contribution in [2.45, 2.75) is 18.4 Å². The number of hydrogen-bond acceptors (Lipinski definition) is 6. The minimum Gasteiger partial charge on any atom is -0.465 e. The van der Waals surface area contributed by atoms with Gasteiger partial charge in [0.2, 0.25) is 0 Å². The van der Waals surface area contributed by atoms with Crippen LogP contribution < -0.4 is 0 Å². The van der Waals surface area contributed by atoms with Crippen molar-refractivity contribution in [3.8, 4) is 0 Å². The van der Waals surface area contributed by atoms with Gasteiger partial charge in [-0.3, -0.25) is 4.79 Å². The molecule has 0 atom stereocenters. The van der Waals surface area contributed by atoms with Crippen molar-refractivity contribution in [1.82, 2.24) is 8.87 Å². The van der Waals surface area contributed by atoms with Crippen LogP contribution >= 0.6 is 0 Å². The average molecular weight is 511 g/mol. The van der Waals surface area contributed by atoms with Crippen LogP contribution in [0.3, 0.4) is 0 Å². The van der Waals surface area contributed by atoms with E-state index in [0.717, 1.165) is 15.6 Å². The molecular formula is C26H23FN2O6S. The van der Waals surface area contributed by atoms with Gasteiger partial charge < -0.3 is 14.4 Å². The molecule has 1 amide bonds. The van der Waals surface area contributed by atoms with Crippen LogP contribution in [-0.2, 0) is 26.0 Å². The normalized spacial score (nSPS) is 13.6. The summed E-state index contributed by atoms with van der Waals surface area (Å²) in [6.07, 6.45) is 0. The number of rotatable bonds is 6. The van der Waals surface area contributed by atoms with Crippen LogP contribution in [0.25, 0.3) is 21.8 Å². The van der Waals surface area contributed by atoms with Crippen LogP contribution in [0.2, 0.25) is 0 Å². The van der Waals surface area contributed by atoms with Crippen LogP contribution in [0.5, 0.6) is 0 Å². The Morgan fingerprint density at radius 3 is 2.47 bits per heavy atom. The van der Waals surface area contributed by atoms with E-state index in [4.69, 9.17) is 9.47 Å². The van der Waals surface area contributed by atoms with Gasteiger partial charge in [0.25, 0.3) is 15.9 Å². The van der Waals surface area contributed by atoms with E-state index < -0.39 is 21.8 Å². The van der Waals surface area contributed by atoms with Gasteiger partial charge in [-0.15, -0.1) is 0 Å². The van der Waals surface area contributed by atoms with E-state index in [9.17, 15) is 22.4 Å². The highest BCUT2D eigenvalue weighted by molar-refractivity contribution is 7.90. The number of fused-ring (bicyclic) bond motifs is 5. The highest BCUT2D eigenvalue weighted by Crippen LogP contribution is 2.41. The van der Waals surface area contributed by atoms with E-state index in [1.165, 1.54) is 44.6 Å². The number of carbonyl (C=O) groups is 2. The molecule has 4 aromatic rings. The summed E-state index contributed by atoms with van der Waals surface area (Å²) in [5.74, 6) is -1.72. The van der Waals surface area contributed by atoms with Gasteiger partial charge in [-0.2, -0.15) is 0 Å². The van der Waals surface area contributed by atoms with Crippen LogP contribution in [0.4, 0.5) is 4.39 Å². The van der Waals surface area contributed by atoms with Crippen molar-refractivity contribution in [3.63, 3.8) is 0 Å². The topological polar surface area (TPSA) is 94.9 Å². The number of aryl methyl sites for hydroxylation is 1. The maximum absolute atomic E-state index is 14.5. The minimum absolute atomic E-state index is 0.0133. The molecule has 1 aliphatic heterocycles. The molecule has 0 spiro atoms. The summed E-state index contributed by atoms with van der Waals surface area (Å²) >= 11 is 0. The highest BCUT2D eigenvalue weighted by Gasteiger charge is 2.36.